The number of fused-ring (bicyclic) bond motifs is 6. The molecular weight excluding hydrogens is 449 g/mol. The maximum Gasteiger partial charge on any atom is 0.490 e. The maximum atomic E-state index is 10.6. The van der Waals surface area contributed by atoms with E-state index in [0.717, 1.165) is 35.3 Å². The van der Waals surface area contributed by atoms with Gasteiger partial charge < -0.3 is 20.8 Å². The third-order valence-electron chi connectivity index (χ3n) is 4.49. The number of aliphatic carboxylic acids is 1. The zero-order valence-corrected chi connectivity index (χ0v) is 17.2. The number of carbonyl (C=O) groups is 1. The summed E-state index contributed by atoms with van der Waals surface area (Å²) in [5.74, 6) is -1.74. The predicted molar refractivity (Wildman–Crippen MR) is 114 cm³/mol. The van der Waals surface area contributed by atoms with Crippen LogP contribution in [0.1, 0.15) is 16.7 Å². The van der Waals surface area contributed by atoms with Crippen molar-refractivity contribution in [3.05, 3.63) is 70.4 Å². The Bertz CT molecular complexity index is 1130. The number of aliphatic hydroxyl groups is 1. The molecule has 0 unspecified atom stereocenters. The third-order valence-corrected chi connectivity index (χ3v) is 4.77. The van der Waals surface area contributed by atoms with Gasteiger partial charge in [-0.05, 0) is 53.8 Å². The molecule has 1 aliphatic rings. The first-order chi connectivity index (χ1) is 15.2. The van der Waals surface area contributed by atoms with Crippen molar-refractivity contribution in [2.45, 2.75) is 25.6 Å². The van der Waals surface area contributed by atoms with Crippen LogP contribution >= 0.6 is 11.6 Å². The minimum absolute atomic E-state index is 0.0234. The monoisotopic (exact) mass is 466 g/mol. The van der Waals surface area contributed by atoms with Crippen molar-refractivity contribution in [1.82, 2.24) is 9.97 Å². The van der Waals surface area contributed by atoms with Crippen LogP contribution in [0.15, 0.2) is 48.7 Å². The molecule has 1 aromatic heterocycles. The first kappa shape index (κ1) is 23.3. The Labute approximate surface area is 185 Å². The number of halogens is 4. The Morgan fingerprint density at radius 2 is 1.81 bits per heavy atom. The number of rotatable bonds is 1. The van der Waals surface area contributed by atoms with Crippen molar-refractivity contribution in [2.75, 3.05) is 10.6 Å². The number of aryl methyl sites for hydroxylation is 2. The molecule has 3 aromatic rings. The number of nitrogens with zero attached hydrogens (tertiary/aromatic N) is 2. The molecule has 168 valence electrons. The summed E-state index contributed by atoms with van der Waals surface area (Å²) in [6, 6.07) is 14.1. The van der Waals surface area contributed by atoms with Gasteiger partial charge in [-0.2, -0.15) is 18.2 Å². The number of carboxylic acids is 1. The number of hydrogen-bond acceptors (Lipinski definition) is 6. The SMILES string of the molecule is O=C(O)C(F)(F)F.OCc1ccc2cc1CCc1cccc(c1)Nc1ncc(Cl)c(n1)N2. The highest BCUT2D eigenvalue weighted by molar-refractivity contribution is 6.32. The lowest BCUT2D eigenvalue weighted by molar-refractivity contribution is -0.192. The fourth-order valence-corrected chi connectivity index (χ4v) is 3.09. The van der Waals surface area contributed by atoms with Gasteiger partial charge in [0.15, 0.2) is 5.82 Å². The molecule has 7 nitrogen and oxygen atoms in total. The van der Waals surface area contributed by atoms with Crippen LogP contribution in [0.4, 0.5) is 36.3 Å². The molecule has 0 radical (unpaired) electrons. The summed E-state index contributed by atoms with van der Waals surface area (Å²) in [5.41, 5.74) is 5.06. The quantitative estimate of drug-likeness (QED) is 0.406. The molecule has 0 fully saturated rings. The number of anilines is 4. The van der Waals surface area contributed by atoms with Crippen LogP contribution in [-0.2, 0) is 24.2 Å². The average molecular weight is 467 g/mol. The van der Waals surface area contributed by atoms with Gasteiger partial charge in [-0.15, -0.1) is 0 Å². The number of aliphatic hydroxyl groups excluding tert-OH is 1. The van der Waals surface area contributed by atoms with Gasteiger partial charge in [0.1, 0.15) is 5.02 Å². The van der Waals surface area contributed by atoms with E-state index in [9.17, 15) is 18.3 Å². The van der Waals surface area contributed by atoms with E-state index in [4.69, 9.17) is 21.5 Å². The van der Waals surface area contributed by atoms with Crippen LogP contribution < -0.4 is 10.6 Å². The van der Waals surface area contributed by atoms with Gasteiger partial charge in [-0.1, -0.05) is 29.8 Å². The minimum Gasteiger partial charge on any atom is -0.475 e. The fraction of sp³-hybridized carbons (Fsp3) is 0.190. The molecule has 0 atom stereocenters. The molecule has 32 heavy (non-hydrogen) atoms. The number of carboxylic acid groups (broad SMARTS) is 1. The lowest BCUT2D eigenvalue weighted by Crippen LogP contribution is -2.21. The molecule has 4 rings (SSSR count). The van der Waals surface area contributed by atoms with E-state index in [1.54, 1.807) is 6.20 Å². The van der Waals surface area contributed by atoms with Gasteiger partial charge in [-0.3, -0.25) is 0 Å². The highest BCUT2D eigenvalue weighted by atomic mass is 35.5. The first-order valence-electron chi connectivity index (χ1n) is 9.34. The second-order valence-electron chi connectivity index (χ2n) is 6.79. The Kier molecular flexibility index (Phi) is 7.16. The molecular formula is C21H18ClF3N4O3. The molecule has 0 amide bonds. The molecule has 11 heteroatoms. The summed E-state index contributed by atoms with van der Waals surface area (Å²) in [7, 11) is 0. The summed E-state index contributed by atoms with van der Waals surface area (Å²) in [6.07, 6.45) is -1.79. The van der Waals surface area contributed by atoms with Gasteiger partial charge in [0.05, 0.1) is 12.8 Å². The Morgan fingerprint density at radius 3 is 2.50 bits per heavy atom. The molecule has 1 aliphatic heterocycles. The van der Waals surface area contributed by atoms with Crippen LogP contribution in [0.25, 0.3) is 0 Å². The van der Waals surface area contributed by atoms with Crippen LogP contribution in [-0.4, -0.2) is 32.3 Å². The molecule has 0 aliphatic carbocycles. The smallest absolute Gasteiger partial charge is 0.475 e. The normalized spacial score (nSPS) is 12.5. The largest absolute Gasteiger partial charge is 0.490 e. The number of aromatic nitrogens is 2. The number of benzene rings is 2. The fourth-order valence-electron chi connectivity index (χ4n) is 2.96. The molecule has 0 saturated heterocycles. The topological polar surface area (TPSA) is 107 Å². The average Bonchev–Trinajstić information content (AvgIpc) is 2.75. The second-order valence-corrected chi connectivity index (χ2v) is 7.19. The van der Waals surface area contributed by atoms with Crippen LogP contribution in [0.5, 0.6) is 0 Å². The second kappa shape index (κ2) is 9.84. The van der Waals surface area contributed by atoms with E-state index in [1.165, 1.54) is 5.56 Å². The lowest BCUT2D eigenvalue weighted by atomic mass is 9.99. The van der Waals surface area contributed by atoms with Crippen molar-refractivity contribution < 1.29 is 28.2 Å². The Morgan fingerprint density at radius 1 is 1.09 bits per heavy atom. The summed E-state index contributed by atoms with van der Waals surface area (Å²) >= 11 is 6.24. The van der Waals surface area contributed by atoms with E-state index >= 15 is 0 Å². The summed E-state index contributed by atoms with van der Waals surface area (Å²) in [5, 5.41) is 23.7. The third kappa shape index (κ3) is 6.08. The maximum absolute atomic E-state index is 10.6. The van der Waals surface area contributed by atoms with Gasteiger partial charge >= 0.3 is 12.1 Å². The van der Waals surface area contributed by atoms with E-state index in [-0.39, 0.29) is 6.61 Å². The summed E-state index contributed by atoms with van der Waals surface area (Å²) in [6.45, 7) is 0.0234. The van der Waals surface area contributed by atoms with Gasteiger partial charge in [0.2, 0.25) is 5.95 Å². The molecule has 4 N–H and O–H groups in total. The molecule has 6 bridgehead atoms. The van der Waals surface area contributed by atoms with E-state index in [1.807, 2.05) is 30.3 Å². The van der Waals surface area contributed by atoms with E-state index in [2.05, 4.69) is 32.7 Å². The zero-order chi connectivity index (χ0) is 23.3. The van der Waals surface area contributed by atoms with Crippen molar-refractivity contribution >= 4 is 40.7 Å². The van der Waals surface area contributed by atoms with Crippen molar-refractivity contribution in [1.29, 1.82) is 0 Å². The molecule has 0 spiro atoms. The number of alkyl halides is 3. The van der Waals surface area contributed by atoms with Crippen LogP contribution in [0, 0.1) is 0 Å². The minimum atomic E-state index is -5.08. The highest BCUT2D eigenvalue weighted by Crippen LogP contribution is 2.28. The lowest BCUT2D eigenvalue weighted by Gasteiger charge is -2.12. The predicted octanol–water partition coefficient (Wildman–Crippen LogP) is 4.84. The number of hydrogen-bond donors (Lipinski definition) is 4. The highest BCUT2D eigenvalue weighted by Gasteiger charge is 2.38. The van der Waals surface area contributed by atoms with Crippen molar-refractivity contribution in [2.24, 2.45) is 0 Å². The van der Waals surface area contributed by atoms with Gasteiger partial charge in [-0.25, -0.2) is 9.78 Å². The van der Waals surface area contributed by atoms with Crippen molar-refractivity contribution in [3.63, 3.8) is 0 Å². The molecule has 2 aromatic carbocycles. The Balaban J connectivity index is 0.000000360. The van der Waals surface area contributed by atoms with Gasteiger partial charge in [0, 0.05) is 11.4 Å². The van der Waals surface area contributed by atoms with Gasteiger partial charge in [0.25, 0.3) is 0 Å². The summed E-state index contributed by atoms with van der Waals surface area (Å²) in [4.78, 5) is 17.6. The van der Waals surface area contributed by atoms with E-state index < -0.39 is 12.1 Å². The van der Waals surface area contributed by atoms with Crippen molar-refractivity contribution in [3.8, 4) is 0 Å². The molecule has 2 heterocycles. The van der Waals surface area contributed by atoms with Crippen LogP contribution in [0.2, 0.25) is 5.02 Å². The molecule has 0 saturated carbocycles. The summed E-state index contributed by atoms with van der Waals surface area (Å²) < 4.78 is 31.7. The zero-order valence-electron chi connectivity index (χ0n) is 16.4. The first-order valence-corrected chi connectivity index (χ1v) is 9.72. The Hall–Kier alpha value is -3.37. The van der Waals surface area contributed by atoms with E-state index in [0.29, 0.717) is 16.8 Å². The van der Waals surface area contributed by atoms with Crippen LogP contribution in [0.3, 0.4) is 0 Å². The standard InChI is InChI=1S/C19H17ClN4O.C2HF3O2/c20-17-10-21-19-23-15-3-1-2-12(8-15)4-5-13-9-16(22-18(17)24-19)7-6-14(13)11-25;3-2(4,5)1(6)7/h1-3,6-10,25H,4-5,11H2,(H2,21,22,23,24);(H,6,7). The number of nitrogens with one attached hydrogen (secondary N) is 2.